The molecule has 0 aromatic heterocycles. The van der Waals surface area contributed by atoms with E-state index in [2.05, 4.69) is 55.6 Å². The number of esters is 1. The van der Waals surface area contributed by atoms with Crippen LogP contribution < -0.4 is 5.32 Å². The lowest BCUT2D eigenvalue weighted by molar-refractivity contribution is -0.143. The number of allylic oxidation sites excluding steroid dienone is 7. The predicted molar refractivity (Wildman–Crippen MR) is 301 cm³/mol. The quantitative estimate of drug-likeness (QED) is 0.0321. The van der Waals surface area contributed by atoms with Crippen LogP contribution in [0.5, 0.6) is 0 Å². The van der Waals surface area contributed by atoms with Crippen LogP contribution in [-0.2, 0) is 14.3 Å². The van der Waals surface area contributed by atoms with Gasteiger partial charge in [0.05, 0.1) is 25.4 Å². The van der Waals surface area contributed by atoms with Gasteiger partial charge >= 0.3 is 5.97 Å². The first-order valence-electron chi connectivity index (χ1n) is 30.4. The number of carbonyl (C=O) groups excluding carboxylic acids is 2. The number of carbonyl (C=O) groups is 2. The molecule has 0 saturated carbocycles. The largest absolute Gasteiger partial charge is 0.466 e. The number of amides is 1. The Hall–Kier alpha value is -2.18. The molecule has 0 aliphatic heterocycles. The summed E-state index contributed by atoms with van der Waals surface area (Å²) in [5.41, 5.74) is 0. The number of nitrogens with one attached hydrogen (secondary N) is 1. The van der Waals surface area contributed by atoms with Gasteiger partial charge in [0.1, 0.15) is 0 Å². The van der Waals surface area contributed by atoms with Crippen LogP contribution in [0.15, 0.2) is 48.6 Å². The zero-order valence-corrected chi connectivity index (χ0v) is 46.0. The minimum absolute atomic E-state index is 0.0121. The van der Waals surface area contributed by atoms with E-state index < -0.39 is 12.1 Å². The standard InChI is InChI=1S/C63H117NO5/c1-3-5-7-9-11-13-15-17-19-20-21-24-28-31-35-39-43-47-51-55-61(66)60(59-65)64-62(67)56-52-48-44-40-36-32-29-25-22-23-26-30-34-38-42-46-50-54-58-69-63(68)57-53-49-45-41-37-33-27-18-16-14-12-10-8-6-4-2/h12,14,18,25,27,29,51,55,60-61,65-66H,3-11,13,15-17,19-24,26,28,30-50,52-54,56-59H2,1-2H3,(H,64,67)/b14-12-,27-18-,29-25-,55-51+. The topological polar surface area (TPSA) is 95.9 Å². The van der Waals surface area contributed by atoms with Gasteiger partial charge in [0.15, 0.2) is 0 Å². The van der Waals surface area contributed by atoms with Crippen LogP contribution >= 0.6 is 0 Å². The number of unbranched alkanes of at least 4 members (excludes halogenated alkanes) is 39. The molecule has 0 aliphatic carbocycles. The Balaban J connectivity index is 3.49. The third-order valence-corrected chi connectivity index (χ3v) is 13.8. The molecule has 6 heteroatoms. The van der Waals surface area contributed by atoms with Crippen molar-refractivity contribution >= 4 is 11.9 Å². The Morgan fingerprint density at radius 2 is 0.725 bits per heavy atom. The molecule has 1 amide bonds. The molecular formula is C63H117NO5. The third-order valence-electron chi connectivity index (χ3n) is 13.8. The highest BCUT2D eigenvalue weighted by atomic mass is 16.5. The van der Waals surface area contributed by atoms with Gasteiger partial charge in [-0.15, -0.1) is 0 Å². The summed E-state index contributed by atoms with van der Waals surface area (Å²) in [7, 11) is 0. The number of ether oxygens (including phenoxy) is 1. The SMILES string of the molecule is CCCCC/C=C\C/C=C\CCCCCCCC(=O)OCCCCCCCCCCC/C=C\CCCCCCCC(=O)NC(CO)C(O)/C=C/CCCCCCCCCCCCCCCCCCC. The molecule has 3 N–H and O–H groups in total. The second kappa shape index (κ2) is 58.4. The van der Waals surface area contributed by atoms with Crippen LogP contribution in [0.3, 0.4) is 0 Å². The van der Waals surface area contributed by atoms with Crippen molar-refractivity contribution in [2.45, 2.75) is 328 Å². The fraction of sp³-hybridized carbons (Fsp3) is 0.841. The van der Waals surface area contributed by atoms with Crippen LogP contribution in [-0.4, -0.2) is 47.4 Å². The lowest BCUT2D eigenvalue weighted by atomic mass is 10.0. The van der Waals surface area contributed by atoms with Crippen molar-refractivity contribution in [2.75, 3.05) is 13.2 Å². The average molecular weight is 969 g/mol. The van der Waals surface area contributed by atoms with E-state index in [1.165, 1.54) is 218 Å². The summed E-state index contributed by atoms with van der Waals surface area (Å²) < 4.78 is 5.47. The minimum atomic E-state index is -0.855. The smallest absolute Gasteiger partial charge is 0.305 e. The third kappa shape index (κ3) is 55.0. The number of hydrogen-bond acceptors (Lipinski definition) is 5. The van der Waals surface area contributed by atoms with Gasteiger partial charge < -0.3 is 20.3 Å². The van der Waals surface area contributed by atoms with Crippen LogP contribution in [0.4, 0.5) is 0 Å². The van der Waals surface area contributed by atoms with Crippen molar-refractivity contribution in [3.63, 3.8) is 0 Å². The summed E-state index contributed by atoms with van der Waals surface area (Å²) in [6.07, 6.45) is 74.2. The van der Waals surface area contributed by atoms with Crippen LogP contribution in [0, 0.1) is 0 Å². The van der Waals surface area contributed by atoms with Gasteiger partial charge in [0.2, 0.25) is 5.91 Å². The average Bonchev–Trinajstić information content (AvgIpc) is 3.35. The zero-order valence-electron chi connectivity index (χ0n) is 46.0. The Morgan fingerprint density at radius 1 is 0.406 bits per heavy atom. The molecule has 0 aromatic carbocycles. The van der Waals surface area contributed by atoms with Crippen molar-refractivity contribution in [3.05, 3.63) is 48.6 Å². The molecule has 69 heavy (non-hydrogen) atoms. The molecule has 0 radical (unpaired) electrons. The van der Waals surface area contributed by atoms with Gasteiger partial charge in [-0.25, -0.2) is 0 Å². The van der Waals surface area contributed by atoms with E-state index in [4.69, 9.17) is 4.74 Å². The van der Waals surface area contributed by atoms with Gasteiger partial charge in [0, 0.05) is 12.8 Å². The Morgan fingerprint density at radius 3 is 1.14 bits per heavy atom. The fourth-order valence-electron chi connectivity index (χ4n) is 9.13. The highest BCUT2D eigenvalue weighted by Gasteiger charge is 2.18. The van der Waals surface area contributed by atoms with Crippen LogP contribution in [0.2, 0.25) is 0 Å². The molecule has 2 unspecified atom stereocenters. The van der Waals surface area contributed by atoms with E-state index in [-0.39, 0.29) is 18.5 Å². The van der Waals surface area contributed by atoms with Gasteiger partial charge in [-0.2, -0.15) is 0 Å². The first-order valence-corrected chi connectivity index (χ1v) is 30.4. The second-order valence-corrected chi connectivity index (χ2v) is 20.7. The molecule has 0 rings (SSSR count). The van der Waals surface area contributed by atoms with E-state index in [1.54, 1.807) is 6.08 Å². The summed E-state index contributed by atoms with van der Waals surface area (Å²) in [5, 5.41) is 23.2. The number of aliphatic hydroxyl groups excluding tert-OH is 2. The van der Waals surface area contributed by atoms with Crippen LogP contribution in [0.25, 0.3) is 0 Å². The van der Waals surface area contributed by atoms with Crippen molar-refractivity contribution in [2.24, 2.45) is 0 Å². The number of rotatable bonds is 56. The Bertz CT molecular complexity index is 1160. The molecule has 0 spiro atoms. The lowest BCUT2D eigenvalue weighted by Gasteiger charge is -2.20. The van der Waals surface area contributed by atoms with Crippen molar-refractivity contribution in [1.29, 1.82) is 0 Å². The summed E-state index contributed by atoms with van der Waals surface area (Å²) in [6, 6.07) is -0.640. The maximum atomic E-state index is 12.5. The molecule has 0 heterocycles. The predicted octanol–water partition coefficient (Wildman–Crippen LogP) is 19.0. The highest BCUT2D eigenvalue weighted by Crippen LogP contribution is 2.16. The Labute approximate surface area is 429 Å². The molecule has 0 fully saturated rings. The summed E-state index contributed by atoms with van der Waals surface area (Å²) in [4.78, 5) is 24.5. The van der Waals surface area contributed by atoms with Crippen LogP contribution in [0.1, 0.15) is 316 Å². The number of hydrogen-bond donors (Lipinski definition) is 3. The van der Waals surface area contributed by atoms with Gasteiger partial charge in [-0.1, -0.05) is 262 Å². The van der Waals surface area contributed by atoms with E-state index in [0.717, 1.165) is 70.6 Å². The zero-order chi connectivity index (χ0) is 50.0. The van der Waals surface area contributed by atoms with Crippen molar-refractivity contribution in [1.82, 2.24) is 5.32 Å². The van der Waals surface area contributed by atoms with E-state index in [0.29, 0.717) is 19.4 Å². The molecule has 0 bridgehead atoms. The molecule has 0 aliphatic rings. The van der Waals surface area contributed by atoms with Gasteiger partial charge in [-0.05, 0) is 89.9 Å². The number of aliphatic hydroxyl groups is 2. The summed E-state index contributed by atoms with van der Waals surface area (Å²) in [6.45, 7) is 4.87. The second-order valence-electron chi connectivity index (χ2n) is 20.7. The van der Waals surface area contributed by atoms with Crippen molar-refractivity contribution < 1.29 is 24.5 Å². The van der Waals surface area contributed by atoms with Crippen molar-refractivity contribution in [3.8, 4) is 0 Å². The van der Waals surface area contributed by atoms with Gasteiger partial charge in [0.25, 0.3) is 0 Å². The monoisotopic (exact) mass is 968 g/mol. The molecular weight excluding hydrogens is 851 g/mol. The molecule has 0 aromatic rings. The first-order chi connectivity index (χ1) is 34.0. The maximum Gasteiger partial charge on any atom is 0.305 e. The van der Waals surface area contributed by atoms with Gasteiger partial charge in [-0.3, -0.25) is 9.59 Å². The lowest BCUT2D eigenvalue weighted by Crippen LogP contribution is -2.45. The minimum Gasteiger partial charge on any atom is -0.466 e. The summed E-state index contributed by atoms with van der Waals surface area (Å²) >= 11 is 0. The normalized spacial score (nSPS) is 12.9. The fourth-order valence-corrected chi connectivity index (χ4v) is 9.13. The first kappa shape index (κ1) is 66.8. The highest BCUT2D eigenvalue weighted by molar-refractivity contribution is 5.76. The molecule has 6 nitrogen and oxygen atoms in total. The van der Waals surface area contributed by atoms with E-state index in [1.807, 2.05) is 6.08 Å². The van der Waals surface area contributed by atoms with E-state index in [9.17, 15) is 19.8 Å². The molecule has 2 atom stereocenters. The Kier molecular flexibility index (Phi) is 56.5. The molecule has 0 saturated heterocycles. The molecule has 404 valence electrons. The maximum absolute atomic E-state index is 12.5. The van der Waals surface area contributed by atoms with E-state index >= 15 is 0 Å². The summed E-state index contributed by atoms with van der Waals surface area (Å²) in [5.74, 6) is -0.0935.